The average molecular weight is 282 g/mol. The Morgan fingerprint density at radius 3 is 2.53 bits per heavy atom. The van der Waals surface area contributed by atoms with Gasteiger partial charge >= 0.3 is 5.97 Å². The molecule has 0 radical (unpaired) electrons. The van der Waals surface area contributed by atoms with Gasteiger partial charge in [0.2, 0.25) is 5.91 Å². The topological polar surface area (TPSA) is 70.5 Å². The number of hydrogen-bond acceptors (Lipinski definition) is 4. The first-order valence-corrected chi connectivity index (χ1v) is 6.96. The first kappa shape index (κ1) is 14.0. The summed E-state index contributed by atoms with van der Waals surface area (Å²) >= 11 is 1.55. The number of nitrogens with zero attached hydrogens (tertiary/aromatic N) is 2. The number of aromatic nitrogens is 1. The van der Waals surface area contributed by atoms with Crippen LogP contribution in [-0.2, 0) is 16.1 Å². The van der Waals surface area contributed by atoms with Gasteiger partial charge in [-0.1, -0.05) is 13.8 Å². The first-order chi connectivity index (χ1) is 8.75. The zero-order valence-electron chi connectivity index (χ0n) is 11.5. The minimum atomic E-state index is -0.884. The number of rotatable bonds is 4. The highest BCUT2D eigenvalue weighted by molar-refractivity contribution is 7.11. The third-order valence-electron chi connectivity index (χ3n) is 3.80. The molecule has 104 valence electrons. The van der Waals surface area contributed by atoms with Crippen molar-refractivity contribution in [2.45, 2.75) is 27.3 Å². The van der Waals surface area contributed by atoms with Gasteiger partial charge in [-0.05, 0) is 12.3 Å². The van der Waals surface area contributed by atoms with E-state index in [0.29, 0.717) is 6.54 Å². The van der Waals surface area contributed by atoms with E-state index in [0.717, 1.165) is 9.88 Å². The summed E-state index contributed by atoms with van der Waals surface area (Å²) in [5, 5.41) is 10.1. The van der Waals surface area contributed by atoms with Gasteiger partial charge in [-0.3, -0.25) is 9.59 Å². The van der Waals surface area contributed by atoms with Crippen molar-refractivity contribution >= 4 is 23.2 Å². The highest BCUT2D eigenvalue weighted by Gasteiger charge is 2.66. The zero-order valence-corrected chi connectivity index (χ0v) is 12.3. The molecule has 6 heteroatoms. The molecule has 19 heavy (non-hydrogen) atoms. The highest BCUT2D eigenvalue weighted by atomic mass is 32.1. The van der Waals surface area contributed by atoms with E-state index in [1.165, 1.54) is 0 Å². The van der Waals surface area contributed by atoms with Crippen LogP contribution in [0.15, 0.2) is 6.20 Å². The molecule has 1 aromatic rings. The van der Waals surface area contributed by atoms with Crippen molar-refractivity contribution in [3.8, 4) is 0 Å². The maximum Gasteiger partial charge on any atom is 0.307 e. The van der Waals surface area contributed by atoms with Crippen LogP contribution in [0.1, 0.15) is 23.7 Å². The van der Waals surface area contributed by atoms with E-state index in [1.807, 2.05) is 20.8 Å². The second-order valence-electron chi connectivity index (χ2n) is 5.65. The van der Waals surface area contributed by atoms with Crippen LogP contribution in [0, 0.1) is 24.2 Å². The third-order valence-corrected chi connectivity index (χ3v) is 4.70. The number of aryl methyl sites for hydroxylation is 1. The van der Waals surface area contributed by atoms with E-state index < -0.39 is 23.2 Å². The predicted octanol–water partition coefficient (Wildman–Crippen LogP) is 1.77. The summed E-state index contributed by atoms with van der Waals surface area (Å²) in [5.41, 5.74) is -0.444. The van der Waals surface area contributed by atoms with Crippen LogP contribution in [0.4, 0.5) is 0 Å². The van der Waals surface area contributed by atoms with E-state index in [4.69, 9.17) is 5.11 Å². The summed E-state index contributed by atoms with van der Waals surface area (Å²) in [6, 6.07) is 0. The zero-order chi connectivity index (χ0) is 14.4. The van der Waals surface area contributed by atoms with E-state index in [1.54, 1.807) is 29.5 Å². The molecule has 1 fully saturated rings. The Morgan fingerprint density at radius 2 is 2.11 bits per heavy atom. The number of carbonyl (C=O) groups excluding carboxylic acids is 1. The van der Waals surface area contributed by atoms with Crippen molar-refractivity contribution in [1.29, 1.82) is 0 Å². The predicted molar refractivity (Wildman–Crippen MR) is 71.7 cm³/mol. The Kier molecular flexibility index (Phi) is 3.38. The van der Waals surface area contributed by atoms with Crippen LogP contribution in [0.3, 0.4) is 0 Å². The highest BCUT2D eigenvalue weighted by Crippen LogP contribution is 2.59. The molecule has 5 nitrogen and oxygen atoms in total. The molecule has 1 amide bonds. The van der Waals surface area contributed by atoms with Crippen LogP contribution in [-0.4, -0.2) is 33.9 Å². The molecule has 0 aromatic carbocycles. The molecule has 2 rings (SSSR count). The fourth-order valence-electron chi connectivity index (χ4n) is 2.59. The molecule has 2 unspecified atom stereocenters. The molecule has 0 spiro atoms. The fraction of sp³-hybridized carbons (Fsp3) is 0.615. The van der Waals surface area contributed by atoms with Gasteiger partial charge in [0, 0.05) is 18.1 Å². The third kappa shape index (κ3) is 2.49. The number of aliphatic carboxylic acids is 1. The molecule has 1 aliphatic rings. The lowest BCUT2D eigenvalue weighted by Crippen LogP contribution is -2.29. The van der Waals surface area contributed by atoms with E-state index in [2.05, 4.69) is 4.98 Å². The van der Waals surface area contributed by atoms with Gasteiger partial charge in [0.05, 0.1) is 23.4 Å². The summed E-state index contributed by atoms with van der Waals surface area (Å²) in [4.78, 5) is 30.2. The largest absolute Gasteiger partial charge is 0.481 e. The van der Waals surface area contributed by atoms with Crippen LogP contribution >= 0.6 is 11.3 Å². The quantitative estimate of drug-likeness (QED) is 0.913. The minimum absolute atomic E-state index is 0.0940. The van der Waals surface area contributed by atoms with E-state index >= 15 is 0 Å². The van der Waals surface area contributed by atoms with E-state index in [9.17, 15) is 9.59 Å². The summed E-state index contributed by atoms with van der Waals surface area (Å²) in [6.07, 6.45) is 1.76. The smallest absolute Gasteiger partial charge is 0.307 e. The maximum atomic E-state index is 12.3. The Morgan fingerprint density at radius 1 is 1.47 bits per heavy atom. The van der Waals surface area contributed by atoms with Crippen LogP contribution in [0.25, 0.3) is 0 Å². The standard InChI is InChI=1S/C13H18N2O3S/c1-7-14-5-8(19-7)6-15(4)11(16)9-10(12(17)18)13(9,2)3/h5,9-10H,6H2,1-4H3,(H,17,18). The number of carbonyl (C=O) groups is 2. The van der Waals surface area contributed by atoms with Gasteiger partial charge in [-0.25, -0.2) is 4.98 Å². The maximum absolute atomic E-state index is 12.3. The number of carboxylic acids is 1. The molecule has 1 N–H and O–H groups in total. The van der Waals surface area contributed by atoms with Gasteiger partial charge in [-0.15, -0.1) is 11.3 Å². The van der Waals surface area contributed by atoms with Crippen LogP contribution in [0.5, 0.6) is 0 Å². The van der Waals surface area contributed by atoms with Crippen LogP contribution in [0.2, 0.25) is 0 Å². The van der Waals surface area contributed by atoms with E-state index in [-0.39, 0.29) is 5.91 Å². The lowest BCUT2D eigenvalue weighted by atomic mass is 10.1. The molecule has 2 atom stereocenters. The molecule has 0 aliphatic heterocycles. The normalized spacial score (nSPS) is 24.0. The molecular weight excluding hydrogens is 264 g/mol. The van der Waals surface area contributed by atoms with Crippen molar-refractivity contribution in [2.75, 3.05) is 7.05 Å². The molecule has 0 bridgehead atoms. The molecule has 1 heterocycles. The lowest BCUT2D eigenvalue weighted by molar-refractivity contribution is -0.141. The van der Waals surface area contributed by atoms with Crippen molar-refractivity contribution in [3.63, 3.8) is 0 Å². The van der Waals surface area contributed by atoms with Gasteiger partial charge in [-0.2, -0.15) is 0 Å². The number of carboxylic acid groups (broad SMARTS) is 1. The molecule has 0 saturated heterocycles. The van der Waals surface area contributed by atoms with Gasteiger partial charge in [0.1, 0.15) is 0 Å². The van der Waals surface area contributed by atoms with Gasteiger partial charge in [0.15, 0.2) is 0 Å². The van der Waals surface area contributed by atoms with Crippen molar-refractivity contribution in [3.05, 3.63) is 16.1 Å². The fourth-order valence-corrected chi connectivity index (χ4v) is 3.44. The summed E-state index contributed by atoms with van der Waals surface area (Å²) in [7, 11) is 1.71. The monoisotopic (exact) mass is 282 g/mol. The molecular formula is C13H18N2O3S. The van der Waals surface area contributed by atoms with Crippen molar-refractivity contribution in [1.82, 2.24) is 9.88 Å². The Balaban J connectivity index is 2.03. The van der Waals surface area contributed by atoms with Gasteiger partial charge < -0.3 is 10.0 Å². The number of hydrogen-bond donors (Lipinski definition) is 1. The second kappa shape index (κ2) is 4.59. The Bertz CT molecular complexity index is 524. The molecule has 1 saturated carbocycles. The van der Waals surface area contributed by atoms with Crippen molar-refractivity contribution in [2.24, 2.45) is 17.3 Å². The summed E-state index contributed by atoms with van der Waals surface area (Å²) in [6.45, 7) is 6.07. The molecule has 1 aromatic heterocycles. The average Bonchev–Trinajstić information content (AvgIpc) is 2.63. The first-order valence-electron chi connectivity index (χ1n) is 6.14. The SMILES string of the molecule is Cc1ncc(CN(C)C(=O)C2C(C(=O)O)C2(C)C)s1. The minimum Gasteiger partial charge on any atom is -0.481 e. The number of thiazole rings is 1. The summed E-state index contributed by atoms with van der Waals surface area (Å²) in [5.74, 6) is -1.96. The second-order valence-corrected chi connectivity index (χ2v) is 6.97. The van der Waals surface area contributed by atoms with Crippen molar-refractivity contribution < 1.29 is 14.7 Å². The summed E-state index contributed by atoms with van der Waals surface area (Å²) < 4.78 is 0. The Labute approximate surface area is 116 Å². The van der Waals surface area contributed by atoms with Crippen LogP contribution < -0.4 is 0 Å². The Hall–Kier alpha value is -1.43. The van der Waals surface area contributed by atoms with Gasteiger partial charge in [0.25, 0.3) is 0 Å². The molecule has 1 aliphatic carbocycles. The lowest BCUT2D eigenvalue weighted by Gasteiger charge is -2.16. The number of amides is 1.